The summed E-state index contributed by atoms with van der Waals surface area (Å²) in [6, 6.07) is 0. The molecule has 0 saturated heterocycles. The highest BCUT2D eigenvalue weighted by atomic mass is 16.5. The molecule has 0 aromatic carbocycles. The Morgan fingerprint density at radius 1 is 1.31 bits per heavy atom. The van der Waals surface area contributed by atoms with E-state index in [1.807, 2.05) is 20.8 Å². The second kappa shape index (κ2) is 6.05. The average molecular weight is 182 g/mol. The van der Waals surface area contributed by atoms with Gasteiger partial charge in [-0.05, 0) is 33.6 Å². The van der Waals surface area contributed by atoms with Gasteiger partial charge < -0.3 is 4.74 Å². The summed E-state index contributed by atoms with van der Waals surface area (Å²) in [5.74, 6) is 2.70. The zero-order valence-corrected chi connectivity index (χ0v) is 9.39. The molecule has 0 rings (SSSR count). The number of hydrogen-bond donors (Lipinski definition) is 0. The van der Waals surface area contributed by atoms with Gasteiger partial charge in [-0.15, -0.1) is 6.42 Å². The first-order valence-electron chi connectivity index (χ1n) is 5.13. The highest BCUT2D eigenvalue weighted by molar-refractivity contribution is 4.95. The largest absolute Gasteiger partial charge is 0.360 e. The molecule has 1 atom stereocenters. The molecule has 0 fully saturated rings. The number of hydrogen-bond acceptors (Lipinski definition) is 1. The van der Waals surface area contributed by atoms with Crippen LogP contribution in [-0.2, 0) is 4.74 Å². The Morgan fingerprint density at radius 3 is 2.31 bits per heavy atom. The molecule has 1 nitrogen and oxygen atoms in total. The summed E-state index contributed by atoms with van der Waals surface area (Å²) in [5.41, 5.74) is -0.122. The van der Waals surface area contributed by atoms with E-state index in [2.05, 4.69) is 12.8 Å². The molecule has 0 radical (unpaired) electrons. The van der Waals surface area contributed by atoms with Crippen LogP contribution in [0.25, 0.3) is 0 Å². The molecule has 0 saturated carbocycles. The Morgan fingerprint density at radius 2 is 1.92 bits per heavy atom. The minimum absolute atomic E-state index is 0.00782. The molecule has 0 bridgehead atoms. The predicted molar refractivity (Wildman–Crippen MR) is 57.6 cm³/mol. The van der Waals surface area contributed by atoms with Crippen molar-refractivity contribution in [2.75, 3.05) is 0 Å². The molecular formula is C12H22O. The van der Waals surface area contributed by atoms with Crippen molar-refractivity contribution in [3.8, 4) is 12.3 Å². The molecule has 0 amide bonds. The van der Waals surface area contributed by atoms with Crippen molar-refractivity contribution in [3.05, 3.63) is 0 Å². The second-order valence-corrected chi connectivity index (χ2v) is 4.38. The molecule has 0 aromatic heterocycles. The SMILES string of the molecule is C#CC(CCCCC)OC(C)(C)C. The first-order valence-corrected chi connectivity index (χ1v) is 5.13. The van der Waals surface area contributed by atoms with E-state index < -0.39 is 0 Å². The van der Waals surface area contributed by atoms with Crippen molar-refractivity contribution in [2.45, 2.75) is 65.1 Å². The van der Waals surface area contributed by atoms with Crippen LogP contribution in [0.3, 0.4) is 0 Å². The van der Waals surface area contributed by atoms with Gasteiger partial charge in [0.05, 0.1) is 5.60 Å². The van der Waals surface area contributed by atoms with Crippen molar-refractivity contribution in [3.63, 3.8) is 0 Å². The summed E-state index contributed by atoms with van der Waals surface area (Å²) in [7, 11) is 0. The lowest BCUT2D eigenvalue weighted by Gasteiger charge is -2.24. The van der Waals surface area contributed by atoms with E-state index in [9.17, 15) is 0 Å². The highest BCUT2D eigenvalue weighted by Crippen LogP contribution is 2.14. The summed E-state index contributed by atoms with van der Waals surface area (Å²) in [6.07, 6.45) is 10.0. The maximum absolute atomic E-state index is 5.70. The fraction of sp³-hybridized carbons (Fsp3) is 0.833. The Bertz CT molecular complexity index is 159. The maximum Gasteiger partial charge on any atom is 0.118 e. The molecule has 0 aliphatic carbocycles. The van der Waals surface area contributed by atoms with E-state index in [0.717, 1.165) is 6.42 Å². The molecule has 0 aromatic rings. The number of rotatable bonds is 5. The van der Waals surface area contributed by atoms with Crippen LogP contribution in [0.1, 0.15) is 53.4 Å². The van der Waals surface area contributed by atoms with E-state index in [1.165, 1.54) is 19.3 Å². The van der Waals surface area contributed by atoms with Crippen LogP contribution in [0.15, 0.2) is 0 Å². The van der Waals surface area contributed by atoms with Crippen LogP contribution in [0.4, 0.5) is 0 Å². The van der Waals surface area contributed by atoms with Crippen molar-refractivity contribution in [1.82, 2.24) is 0 Å². The third-order valence-corrected chi connectivity index (χ3v) is 1.75. The fourth-order valence-electron chi connectivity index (χ4n) is 1.18. The predicted octanol–water partition coefficient (Wildman–Crippen LogP) is 3.38. The van der Waals surface area contributed by atoms with E-state index in [1.54, 1.807) is 0 Å². The fourth-order valence-corrected chi connectivity index (χ4v) is 1.18. The Hall–Kier alpha value is -0.480. The quantitative estimate of drug-likeness (QED) is 0.468. The van der Waals surface area contributed by atoms with Gasteiger partial charge in [0.1, 0.15) is 6.10 Å². The molecule has 0 N–H and O–H groups in total. The summed E-state index contributed by atoms with van der Waals surface area (Å²) in [4.78, 5) is 0. The van der Waals surface area contributed by atoms with Gasteiger partial charge in [0.15, 0.2) is 0 Å². The third kappa shape index (κ3) is 7.87. The van der Waals surface area contributed by atoms with Crippen LogP contribution in [0.5, 0.6) is 0 Å². The minimum Gasteiger partial charge on any atom is -0.360 e. The summed E-state index contributed by atoms with van der Waals surface area (Å²) in [6.45, 7) is 8.31. The highest BCUT2D eigenvalue weighted by Gasteiger charge is 2.16. The van der Waals surface area contributed by atoms with E-state index in [-0.39, 0.29) is 11.7 Å². The topological polar surface area (TPSA) is 9.23 Å². The van der Waals surface area contributed by atoms with Crippen molar-refractivity contribution < 1.29 is 4.74 Å². The molecule has 0 spiro atoms. The average Bonchev–Trinajstić information content (AvgIpc) is 2.01. The van der Waals surface area contributed by atoms with Crippen LogP contribution < -0.4 is 0 Å². The normalized spacial score (nSPS) is 13.8. The van der Waals surface area contributed by atoms with Crippen LogP contribution in [-0.4, -0.2) is 11.7 Å². The van der Waals surface area contributed by atoms with Crippen molar-refractivity contribution >= 4 is 0 Å². The van der Waals surface area contributed by atoms with E-state index in [4.69, 9.17) is 11.2 Å². The Kier molecular flexibility index (Phi) is 5.82. The summed E-state index contributed by atoms with van der Waals surface area (Å²) in [5, 5.41) is 0. The standard InChI is InChI=1S/C12H22O/c1-6-8-9-10-11(7-2)13-12(3,4)5/h2,11H,6,8-10H2,1,3-5H3. The van der Waals surface area contributed by atoms with Gasteiger partial charge >= 0.3 is 0 Å². The molecule has 0 heterocycles. The third-order valence-electron chi connectivity index (χ3n) is 1.75. The summed E-state index contributed by atoms with van der Waals surface area (Å²) < 4.78 is 5.70. The molecule has 0 aliphatic rings. The first-order chi connectivity index (χ1) is 5.99. The van der Waals surface area contributed by atoms with Gasteiger partial charge in [-0.1, -0.05) is 25.7 Å². The molecule has 1 unspecified atom stereocenters. The maximum atomic E-state index is 5.70. The lowest BCUT2D eigenvalue weighted by Crippen LogP contribution is -2.26. The molecular weight excluding hydrogens is 160 g/mol. The molecule has 1 heteroatoms. The van der Waals surface area contributed by atoms with Gasteiger partial charge in [-0.2, -0.15) is 0 Å². The number of terminal acetylenes is 1. The number of ether oxygens (including phenoxy) is 1. The second-order valence-electron chi connectivity index (χ2n) is 4.38. The van der Waals surface area contributed by atoms with Gasteiger partial charge in [0, 0.05) is 0 Å². The zero-order valence-electron chi connectivity index (χ0n) is 9.39. The van der Waals surface area contributed by atoms with Gasteiger partial charge in [-0.25, -0.2) is 0 Å². The Labute approximate surface area is 82.9 Å². The van der Waals surface area contributed by atoms with E-state index >= 15 is 0 Å². The summed E-state index contributed by atoms with van der Waals surface area (Å²) >= 11 is 0. The molecule has 76 valence electrons. The Balaban J connectivity index is 3.72. The van der Waals surface area contributed by atoms with Gasteiger partial charge in [0.2, 0.25) is 0 Å². The van der Waals surface area contributed by atoms with Crippen molar-refractivity contribution in [2.24, 2.45) is 0 Å². The number of unbranched alkanes of at least 4 members (excludes halogenated alkanes) is 2. The monoisotopic (exact) mass is 182 g/mol. The lowest BCUT2D eigenvalue weighted by molar-refractivity contribution is -0.0373. The van der Waals surface area contributed by atoms with Crippen molar-refractivity contribution in [1.29, 1.82) is 0 Å². The van der Waals surface area contributed by atoms with Gasteiger partial charge in [0.25, 0.3) is 0 Å². The first kappa shape index (κ1) is 12.5. The lowest BCUT2D eigenvalue weighted by atomic mass is 10.1. The zero-order chi connectivity index (χ0) is 10.3. The molecule has 0 aliphatic heterocycles. The molecule has 13 heavy (non-hydrogen) atoms. The minimum atomic E-state index is -0.122. The van der Waals surface area contributed by atoms with E-state index in [0.29, 0.717) is 0 Å². The smallest absolute Gasteiger partial charge is 0.118 e. The van der Waals surface area contributed by atoms with Gasteiger partial charge in [-0.3, -0.25) is 0 Å². The van der Waals surface area contributed by atoms with Crippen LogP contribution in [0.2, 0.25) is 0 Å². The van der Waals surface area contributed by atoms with Crippen LogP contribution >= 0.6 is 0 Å². The van der Waals surface area contributed by atoms with Crippen LogP contribution in [0, 0.1) is 12.3 Å².